The normalized spacial score (nSPS) is 13.3. The molecule has 3 nitrogen and oxygen atoms in total. The first kappa shape index (κ1) is 33.0. The van der Waals surface area contributed by atoms with Gasteiger partial charge in [-0.3, -0.25) is 0 Å². The largest absolute Gasteiger partial charge is 0.509 e. The fourth-order valence-corrected chi connectivity index (χ4v) is 8.18. The number of rotatable bonds is 5. The van der Waals surface area contributed by atoms with E-state index >= 15 is 0 Å². The van der Waals surface area contributed by atoms with Crippen molar-refractivity contribution in [1.29, 1.82) is 0 Å². The molecular weight excluding hydrogens is 661 g/mol. The topological polar surface area (TPSA) is 60.7 Å². The second-order valence-corrected chi connectivity index (χ2v) is 14.2. The van der Waals surface area contributed by atoms with Gasteiger partial charge in [-0.25, -0.2) is 0 Å². The van der Waals surface area contributed by atoms with Gasteiger partial charge in [0.2, 0.25) is 0 Å². The Balaban J connectivity index is 1.21. The average molecular weight is 699 g/mol. The molecule has 0 fully saturated rings. The third kappa shape index (κ3) is 5.36. The Bertz CT molecular complexity index is 3040. The summed E-state index contributed by atoms with van der Waals surface area (Å²) in [6.45, 7) is 4.85. The van der Waals surface area contributed by atoms with Crippen LogP contribution in [0.2, 0.25) is 0 Å². The van der Waals surface area contributed by atoms with E-state index < -0.39 is 0 Å². The van der Waals surface area contributed by atoms with Crippen LogP contribution in [0, 0.1) is 0 Å². The molecule has 0 aliphatic heterocycles. The average Bonchev–Trinajstić information content (AvgIpc) is 3.21. The number of hydrogen-bond donors (Lipinski definition) is 3. The van der Waals surface area contributed by atoms with Gasteiger partial charge in [-0.15, -0.1) is 0 Å². The van der Waals surface area contributed by atoms with E-state index in [-0.39, 0.29) is 17.3 Å². The predicted molar refractivity (Wildman–Crippen MR) is 229 cm³/mol. The molecule has 0 radical (unpaired) electrons. The standard InChI is InChI=1S/C51H38O3/c1-30(31(2)51(54)32(3)52)49(53)29-48-41-16-8-10-18-44(41)50(45-19-11-9-17-42(45)48)37-23-21-34-26-36(22-20-35(34)27-37)46-28-47-38-13-5-4-12-33(38)24-25-43(47)39-14-6-7-15-40(39)46/h4-29,52-54H,1-3H3/b31-30-,49-29-,51-32-. The van der Waals surface area contributed by atoms with Crippen LogP contribution in [-0.4, -0.2) is 15.3 Å². The lowest BCUT2D eigenvalue weighted by molar-refractivity contribution is 0.333. The van der Waals surface area contributed by atoms with E-state index in [0.29, 0.717) is 11.1 Å². The van der Waals surface area contributed by atoms with Gasteiger partial charge >= 0.3 is 0 Å². The maximum Gasteiger partial charge on any atom is 0.156 e. The fraction of sp³-hybridized carbons (Fsp3) is 0.0588. The lowest BCUT2D eigenvalue weighted by Gasteiger charge is -2.17. The molecule has 0 amide bonds. The Kier molecular flexibility index (Phi) is 7.94. The van der Waals surface area contributed by atoms with Gasteiger partial charge < -0.3 is 15.3 Å². The molecule has 0 atom stereocenters. The zero-order valence-electron chi connectivity index (χ0n) is 30.4. The molecule has 0 heterocycles. The van der Waals surface area contributed by atoms with Crippen LogP contribution < -0.4 is 0 Å². The molecule has 0 saturated heterocycles. The minimum Gasteiger partial charge on any atom is -0.509 e. The maximum atomic E-state index is 11.3. The van der Waals surface area contributed by atoms with Crippen molar-refractivity contribution < 1.29 is 15.3 Å². The molecule has 0 saturated carbocycles. The van der Waals surface area contributed by atoms with Gasteiger partial charge in [0.15, 0.2) is 5.76 Å². The molecule has 0 aliphatic rings. The van der Waals surface area contributed by atoms with Crippen LogP contribution in [0.1, 0.15) is 26.3 Å². The smallest absolute Gasteiger partial charge is 0.156 e. The number of benzene rings is 9. The summed E-state index contributed by atoms with van der Waals surface area (Å²) in [7, 11) is 0. The molecule has 9 aromatic rings. The highest BCUT2D eigenvalue weighted by molar-refractivity contribution is 6.21. The molecule has 3 heteroatoms. The van der Waals surface area contributed by atoms with Crippen LogP contribution in [-0.2, 0) is 0 Å². The lowest BCUT2D eigenvalue weighted by Crippen LogP contribution is -1.96. The predicted octanol–water partition coefficient (Wildman–Crippen LogP) is 14.5. The summed E-state index contributed by atoms with van der Waals surface area (Å²) in [5.41, 5.74) is 6.45. The molecule has 0 aromatic heterocycles. The van der Waals surface area contributed by atoms with Gasteiger partial charge in [0.1, 0.15) is 11.5 Å². The SMILES string of the molecule is C\C(O)=C(O)/C(C)=C(C)\C(O)=C\c1c2ccccc2c(-c2ccc3cc(-c4cc5c6ccccc6ccc5c5ccccc45)ccc3c2)c2ccccc12. The Hall–Kier alpha value is -6.84. The van der Waals surface area contributed by atoms with E-state index in [4.69, 9.17) is 0 Å². The Morgan fingerprint density at radius 2 is 0.907 bits per heavy atom. The van der Waals surface area contributed by atoms with Crippen LogP contribution in [0.15, 0.2) is 180 Å². The highest BCUT2D eigenvalue weighted by Crippen LogP contribution is 2.43. The molecule has 0 spiro atoms. The van der Waals surface area contributed by atoms with E-state index in [9.17, 15) is 15.3 Å². The minimum absolute atomic E-state index is 0.0252. The summed E-state index contributed by atoms with van der Waals surface area (Å²) in [6, 6.07) is 54.4. The van der Waals surface area contributed by atoms with Gasteiger partial charge in [0.05, 0.1) is 0 Å². The van der Waals surface area contributed by atoms with Crippen LogP contribution in [0.4, 0.5) is 0 Å². The Labute approximate surface area is 313 Å². The molecule has 260 valence electrons. The number of fused-ring (bicyclic) bond motifs is 8. The van der Waals surface area contributed by atoms with E-state index in [0.717, 1.165) is 43.6 Å². The van der Waals surface area contributed by atoms with Crippen molar-refractivity contribution in [3.63, 3.8) is 0 Å². The zero-order chi connectivity index (χ0) is 37.1. The molecule has 54 heavy (non-hydrogen) atoms. The lowest BCUT2D eigenvalue weighted by atomic mass is 9.87. The first-order valence-electron chi connectivity index (χ1n) is 18.3. The summed E-state index contributed by atoms with van der Waals surface area (Å²) in [4.78, 5) is 0. The van der Waals surface area contributed by atoms with E-state index in [2.05, 4.69) is 140 Å². The van der Waals surface area contributed by atoms with Gasteiger partial charge in [0.25, 0.3) is 0 Å². The molecule has 9 aromatic carbocycles. The number of aliphatic hydroxyl groups excluding tert-OH is 3. The summed E-state index contributed by atoms with van der Waals surface area (Å²) >= 11 is 0. The van der Waals surface area contributed by atoms with Crippen LogP contribution in [0.5, 0.6) is 0 Å². The van der Waals surface area contributed by atoms with Crippen LogP contribution >= 0.6 is 0 Å². The summed E-state index contributed by atoms with van der Waals surface area (Å²) in [5, 5.41) is 45.6. The third-order valence-corrected chi connectivity index (χ3v) is 11.1. The van der Waals surface area contributed by atoms with Crippen LogP contribution in [0.25, 0.3) is 93.0 Å². The van der Waals surface area contributed by atoms with E-state index in [1.807, 2.05) is 12.1 Å². The Morgan fingerprint density at radius 3 is 1.56 bits per heavy atom. The van der Waals surface area contributed by atoms with Crippen molar-refractivity contribution >= 4 is 70.7 Å². The third-order valence-electron chi connectivity index (χ3n) is 11.1. The van der Waals surface area contributed by atoms with Crippen molar-refractivity contribution in [1.82, 2.24) is 0 Å². The van der Waals surface area contributed by atoms with Crippen molar-refractivity contribution in [2.45, 2.75) is 20.8 Å². The quantitative estimate of drug-likeness (QED) is 0.0726. The number of allylic oxidation sites excluding steroid dienone is 3. The number of aliphatic hydroxyl groups is 3. The van der Waals surface area contributed by atoms with Gasteiger partial charge in [-0.05, 0) is 143 Å². The Morgan fingerprint density at radius 1 is 0.407 bits per heavy atom. The van der Waals surface area contributed by atoms with Crippen molar-refractivity contribution in [2.24, 2.45) is 0 Å². The first-order valence-corrected chi connectivity index (χ1v) is 18.3. The second-order valence-electron chi connectivity index (χ2n) is 14.2. The maximum absolute atomic E-state index is 11.3. The van der Waals surface area contributed by atoms with Gasteiger partial charge in [0, 0.05) is 5.57 Å². The summed E-state index contributed by atoms with van der Waals surface area (Å²) in [6.07, 6.45) is 1.77. The first-order chi connectivity index (χ1) is 26.3. The summed E-state index contributed by atoms with van der Waals surface area (Å²) < 4.78 is 0. The van der Waals surface area contributed by atoms with Crippen LogP contribution in [0.3, 0.4) is 0 Å². The molecule has 3 N–H and O–H groups in total. The second kappa shape index (κ2) is 13.0. The van der Waals surface area contributed by atoms with Crippen molar-refractivity contribution in [3.8, 4) is 22.3 Å². The molecular formula is C51H38O3. The van der Waals surface area contributed by atoms with Crippen molar-refractivity contribution in [2.75, 3.05) is 0 Å². The van der Waals surface area contributed by atoms with Gasteiger partial charge in [-0.1, -0.05) is 133 Å². The van der Waals surface area contributed by atoms with Gasteiger partial charge in [-0.2, -0.15) is 0 Å². The number of hydrogen-bond acceptors (Lipinski definition) is 3. The van der Waals surface area contributed by atoms with E-state index in [1.54, 1.807) is 19.9 Å². The monoisotopic (exact) mass is 698 g/mol. The molecule has 0 unspecified atom stereocenters. The molecule has 0 aliphatic carbocycles. The zero-order valence-corrected chi connectivity index (χ0v) is 30.4. The highest BCUT2D eigenvalue weighted by Gasteiger charge is 2.17. The molecule has 0 bridgehead atoms. The van der Waals surface area contributed by atoms with Crippen molar-refractivity contribution in [3.05, 3.63) is 186 Å². The van der Waals surface area contributed by atoms with E-state index in [1.165, 1.54) is 55.8 Å². The highest BCUT2D eigenvalue weighted by atomic mass is 16.3. The summed E-state index contributed by atoms with van der Waals surface area (Å²) in [5.74, 6) is -0.403. The molecule has 9 rings (SSSR count). The fourth-order valence-electron chi connectivity index (χ4n) is 8.18. The minimum atomic E-state index is -0.236.